The second kappa shape index (κ2) is 10.7. The fourth-order valence-corrected chi connectivity index (χ4v) is 3.77. The average molecular weight is 475 g/mol. The van der Waals surface area contributed by atoms with Gasteiger partial charge in [0.25, 0.3) is 0 Å². The number of hydrogen-bond donors (Lipinski definition) is 0. The summed E-state index contributed by atoms with van der Waals surface area (Å²) in [5.41, 5.74) is 1.83. The van der Waals surface area contributed by atoms with Gasteiger partial charge in [0.05, 0.1) is 12.1 Å². The van der Waals surface area contributed by atoms with Crippen LogP contribution in [-0.4, -0.2) is 45.7 Å². The van der Waals surface area contributed by atoms with E-state index in [9.17, 15) is 13.2 Å². The summed E-state index contributed by atoms with van der Waals surface area (Å²) in [4.78, 5) is 6.47. The molecule has 182 valence electrons. The third kappa shape index (κ3) is 6.55. The van der Waals surface area contributed by atoms with E-state index in [1.165, 1.54) is 11.2 Å². The summed E-state index contributed by atoms with van der Waals surface area (Å²) in [6, 6.07) is 3.65. The van der Waals surface area contributed by atoms with Gasteiger partial charge in [-0.2, -0.15) is 33.5 Å². The van der Waals surface area contributed by atoms with Crippen LogP contribution in [0.25, 0.3) is 6.08 Å². The van der Waals surface area contributed by atoms with Crippen LogP contribution in [0.2, 0.25) is 0 Å². The Morgan fingerprint density at radius 1 is 1.29 bits per heavy atom. The number of benzene rings is 1. The molecule has 0 unspecified atom stereocenters. The molecule has 7 nitrogen and oxygen atoms in total. The fourth-order valence-electron chi connectivity index (χ4n) is 3.77. The van der Waals surface area contributed by atoms with Crippen molar-refractivity contribution >= 4 is 18.5 Å². The van der Waals surface area contributed by atoms with Gasteiger partial charge in [-0.05, 0) is 62.9 Å². The third-order valence-corrected chi connectivity index (χ3v) is 5.51. The topological polar surface area (TPSA) is 70.1 Å². The molecule has 0 amide bonds. The van der Waals surface area contributed by atoms with Crippen molar-refractivity contribution in [2.75, 3.05) is 13.1 Å². The van der Waals surface area contributed by atoms with Crippen molar-refractivity contribution in [3.8, 4) is 0 Å². The summed E-state index contributed by atoms with van der Waals surface area (Å²) < 4.78 is 45.2. The highest BCUT2D eigenvalue weighted by Crippen LogP contribution is 2.32. The van der Waals surface area contributed by atoms with Crippen LogP contribution in [0.4, 0.5) is 13.2 Å². The monoisotopic (exact) mass is 474 g/mol. The zero-order valence-electron chi connectivity index (χ0n) is 19.6. The zero-order valence-corrected chi connectivity index (χ0v) is 19.6. The van der Waals surface area contributed by atoms with Gasteiger partial charge in [-0.1, -0.05) is 23.9 Å². The Morgan fingerprint density at radius 3 is 2.56 bits per heavy atom. The number of aromatic nitrogens is 2. The lowest BCUT2D eigenvalue weighted by Gasteiger charge is -2.32. The van der Waals surface area contributed by atoms with Crippen molar-refractivity contribution in [1.29, 1.82) is 0 Å². The van der Waals surface area contributed by atoms with Gasteiger partial charge in [-0.3, -0.25) is 0 Å². The standard InChI is InChI=1S/C24H29F3N6O/c1-16(2)30-33(28-5)15-21-14-22(24(25,26)27)9-8-19(21)7-6-17(3)32-12-10-20(11-13-32)23-29-18(4)31-34-23/h6-9,14,20H,3,5,10-13,15H2,1-2,4H3/b7-6+. The lowest BCUT2D eigenvalue weighted by atomic mass is 9.96. The van der Waals surface area contributed by atoms with Crippen molar-refractivity contribution in [3.63, 3.8) is 0 Å². The van der Waals surface area contributed by atoms with Crippen LogP contribution in [0.5, 0.6) is 0 Å². The molecule has 1 aliphatic heterocycles. The van der Waals surface area contributed by atoms with Crippen LogP contribution in [-0.2, 0) is 12.7 Å². The molecule has 2 heterocycles. The van der Waals surface area contributed by atoms with Crippen LogP contribution in [0.15, 0.2) is 51.3 Å². The van der Waals surface area contributed by atoms with Gasteiger partial charge in [-0.25, -0.2) is 0 Å². The number of piperidine rings is 1. The smallest absolute Gasteiger partial charge is 0.372 e. The van der Waals surface area contributed by atoms with Gasteiger partial charge in [0.2, 0.25) is 5.89 Å². The van der Waals surface area contributed by atoms with Gasteiger partial charge in [0.1, 0.15) is 0 Å². The molecule has 34 heavy (non-hydrogen) atoms. The molecule has 1 saturated heterocycles. The first kappa shape index (κ1) is 25.2. The molecule has 1 aliphatic rings. The first-order valence-corrected chi connectivity index (χ1v) is 10.9. The Kier molecular flexibility index (Phi) is 7.90. The van der Waals surface area contributed by atoms with Crippen molar-refractivity contribution in [2.24, 2.45) is 10.2 Å². The van der Waals surface area contributed by atoms with E-state index in [1.54, 1.807) is 26.8 Å². The molecular formula is C24H29F3N6O. The molecule has 2 aromatic rings. The quantitative estimate of drug-likeness (QED) is 0.282. The Balaban J connectivity index is 1.74. The van der Waals surface area contributed by atoms with Gasteiger partial charge in [0.15, 0.2) is 5.82 Å². The Morgan fingerprint density at radius 2 is 2.00 bits per heavy atom. The average Bonchev–Trinajstić information content (AvgIpc) is 3.22. The highest BCUT2D eigenvalue weighted by molar-refractivity contribution is 5.78. The molecule has 0 atom stereocenters. The van der Waals surface area contributed by atoms with Crippen LogP contribution < -0.4 is 0 Å². The molecule has 0 N–H and O–H groups in total. The maximum absolute atomic E-state index is 13.3. The summed E-state index contributed by atoms with van der Waals surface area (Å²) in [6.07, 6.45) is 0.860. The minimum absolute atomic E-state index is 0.0553. The van der Waals surface area contributed by atoms with Crippen LogP contribution in [0, 0.1) is 6.92 Å². The predicted molar refractivity (Wildman–Crippen MR) is 126 cm³/mol. The van der Waals surface area contributed by atoms with Gasteiger partial charge in [0, 0.05) is 37.1 Å². The van der Waals surface area contributed by atoms with E-state index >= 15 is 0 Å². The van der Waals surface area contributed by atoms with E-state index in [0.29, 0.717) is 28.6 Å². The first-order chi connectivity index (χ1) is 16.1. The molecule has 1 aromatic carbocycles. The normalized spacial score (nSPS) is 14.9. The van der Waals surface area contributed by atoms with Crippen LogP contribution in [0.1, 0.15) is 61.0 Å². The second-order valence-corrected chi connectivity index (χ2v) is 8.40. The van der Waals surface area contributed by atoms with E-state index in [-0.39, 0.29) is 12.5 Å². The molecule has 0 aliphatic carbocycles. The number of likely N-dealkylation sites (tertiary alicyclic amines) is 1. The van der Waals surface area contributed by atoms with E-state index in [2.05, 4.69) is 38.5 Å². The maximum atomic E-state index is 13.3. The molecule has 1 fully saturated rings. The van der Waals surface area contributed by atoms with E-state index < -0.39 is 11.7 Å². The summed E-state index contributed by atoms with van der Waals surface area (Å²) in [6.45, 7) is 14.6. The Labute approximate surface area is 197 Å². The van der Waals surface area contributed by atoms with Crippen molar-refractivity contribution in [1.82, 2.24) is 20.2 Å². The summed E-state index contributed by atoms with van der Waals surface area (Å²) >= 11 is 0. The largest absolute Gasteiger partial charge is 0.416 e. The van der Waals surface area contributed by atoms with E-state index in [1.807, 2.05) is 6.08 Å². The van der Waals surface area contributed by atoms with E-state index in [4.69, 9.17) is 4.52 Å². The van der Waals surface area contributed by atoms with Crippen molar-refractivity contribution in [2.45, 2.75) is 52.3 Å². The lowest BCUT2D eigenvalue weighted by Crippen LogP contribution is -2.31. The molecule has 10 heteroatoms. The van der Waals surface area contributed by atoms with Crippen molar-refractivity contribution < 1.29 is 17.7 Å². The highest BCUT2D eigenvalue weighted by Gasteiger charge is 2.31. The minimum atomic E-state index is -4.45. The van der Waals surface area contributed by atoms with E-state index in [0.717, 1.165) is 43.8 Å². The maximum Gasteiger partial charge on any atom is 0.416 e. The molecule has 3 rings (SSSR count). The van der Waals surface area contributed by atoms with Gasteiger partial charge < -0.3 is 9.42 Å². The number of alkyl halides is 3. The zero-order chi connectivity index (χ0) is 24.9. The molecule has 0 bridgehead atoms. The number of aryl methyl sites for hydroxylation is 1. The molecular weight excluding hydrogens is 445 g/mol. The molecule has 0 radical (unpaired) electrons. The SMILES string of the molecule is C=NN(Cc1cc(C(F)(F)F)ccc1/C=C/C(=C)N1CCC(c2nc(C)no2)CC1)N=C(C)C. The number of hydrogen-bond acceptors (Lipinski definition) is 7. The van der Waals surface area contributed by atoms with Crippen LogP contribution in [0.3, 0.4) is 0 Å². The highest BCUT2D eigenvalue weighted by atomic mass is 19.4. The van der Waals surface area contributed by atoms with Gasteiger partial charge >= 0.3 is 6.18 Å². The minimum Gasteiger partial charge on any atom is -0.372 e. The van der Waals surface area contributed by atoms with Crippen LogP contribution >= 0.6 is 0 Å². The predicted octanol–water partition coefficient (Wildman–Crippen LogP) is 5.62. The number of halogens is 3. The Bertz CT molecular complexity index is 1080. The molecule has 0 saturated carbocycles. The molecule has 1 aromatic heterocycles. The summed E-state index contributed by atoms with van der Waals surface area (Å²) in [5, 5.41) is 13.1. The lowest BCUT2D eigenvalue weighted by molar-refractivity contribution is -0.137. The Hall–Kier alpha value is -3.43. The summed E-state index contributed by atoms with van der Waals surface area (Å²) in [5.74, 6) is 1.51. The number of nitrogens with zero attached hydrogens (tertiary/aromatic N) is 6. The number of allylic oxidation sites excluding steroid dienone is 1. The number of rotatable bonds is 8. The van der Waals surface area contributed by atoms with Gasteiger partial charge in [-0.15, -0.1) is 0 Å². The summed E-state index contributed by atoms with van der Waals surface area (Å²) in [7, 11) is 0. The molecule has 0 spiro atoms. The van der Waals surface area contributed by atoms with Crippen molar-refractivity contribution in [3.05, 3.63) is 65.0 Å². The third-order valence-electron chi connectivity index (χ3n) is 5.51. The second-order valence-electron chi connectivity index (χ2n) is 8.40. The fraction of sp³-hybridized carbons (Fsp3) is 0.417. The first-order valence-electron chi connectivity index (χ1n) is 10.9. The number of hydrazone groups is 2.